The van der Waals surface area contributed by atoms with E-state index in [0.29, 0.717) is 33.6 Å². The highest BCUT2D eigenvalue weighted by molar-refractivity contribution is 7.99. The third-order valence-electron chi connectivity index (χ3n) is 3.81. The minimum Gasteiger partial charge on any atom is -0.494 e. The summed E-state index contributed by atoms with van der Waals surface area (Å²) in [7, 11) is 2.95. The van der Waals surface area contributed by atoms with Crippen molar-refractivity contribution in [2.24, 2.45) is 0 Å². The van der Waals surface area contributed by atoms with Crippen LogP contribution in [0, 0.1) is 0 Å². The molecule has 150 valence electrons. The molecule has 3 aromatic rings. The number of carbonyl (C=O) groups excluding carboxylic acids is 2. The molecule has 2 aromatic carbocycles. The van der Waals surface area contributed by atoms with Crippen LogP contribution in [0.25, 0.3) is 0 Å². The Kier molecular flexibility index (Phi) is 6.69. The fraction of sp³-hybridized carbons (Fsp3) is 0.158. The van der Waals surface area contributed by atoms with Crippen molar-refractivity contribution in [3.05, 3.63) is 54.4 Å². The summed E-state index contributed by atoms with van der Waals surface area (Å²) >= 11 is 1.22. The number of rotatable bonds is 8. The van der Waals surface area contributed by atoms with Gasteiger partial charge in [-0.2, -0.15) is 5.10 Å². The van der Waals surface area contributed by atoms with Crippen molar-refractivity contribution < 1.29 is 19.1 Å². The third-order valence-corrected chi connectivity index (χ3v) is 4.69. The number of methoxy groups -OCH3 is 2. The van der Waals surface area contributed by atoms with Crippen LogP contribution in [0.5, 0.6) is 11.5 Å². The second-order valence-corrected chi connectivity index (χ2v) is 6.66. The Morgan fingerprint density at radius 1 is 1.03 bits per heavy atom. The number of aromatic amines is 1. The summed E-state index contributed by atoms with van der Waals surface area (Å²) in [6.45, 7) is 0. The van der Waals surface area contributed by atoms with Crippen LogP contribution < -0.4 is 20.1 Å². The van der Waals surface area contributed by atoms with Gasteiger partial charge < -0.3 is 20.1 Å². The Morgan fingerprint density at radius 3 is 2.28 bits per heavy atom. The molecule has 10 heteroatoms. The Balaban J connectivity index is 1.75. The molecule has 0 aliphatic heterocycles. The first-order valence-electron chi connectivity index (χ1n) is 8.51. The SMILES string of the molecule is COc1cc(NC(=O)c2ccccc2)c(OC)cc1NC(=O)CSc1ncn[nH]1. The van der Waals surface area contributed by atoms with E-state index in [9.17, 15) is 9.59 Å². The Bertz CT molecular complexity index is 980. The van der Waals surface area contributed by atoms with Gasteiger partial charge in [-0.3, -0.25) is 14.7 Å². The number of aromatic nitrogens is 3. The number of benzene rings is 2. The largest absolute Gasteiger partial charge is 0.494 e. The zero-order chi connectivity index (χ0) is 20.6. The molecule has 3 rings (SSSR count). The summed E-state index contributed by atoms with van der Waals surface area (Å²) in [4.78, 5) is 28.7. The van der Waals surface area contributed by atoms with Gasteiger partial charge in [0.15, 0.2) is 5.16 Å². The molecule has 2 amide bonds. The molecular weight excluding hydrogens is 394 g/mol. The predicted octanol–water partition coefficient (Wildman–Crippen LogP) is 2.80. The monoisotopic (exact) mass is 413 g/mol. The fourth-order valence-corrected chi connectivity index (χ4v) is 3.04. The number of nitrogens with one attached hydrogen (secondary N) is 3. The second kappa shape index (κ2) is 9.60. The summed E-state index contributed by atoms with van der Waals surface area (Å²) in [6.07, 6.45) is 1.37. The van der Waals surface area contributed by atoms with E-state index in [4.69, 9.17) is 9.47 Å². The highest BCUT2D eigenvalue weighted by Crippen LogP contribution is 2.36. The number of H-pyrrole nitrogens is 1. The maximum absolute atomic E-state index is 12.4. The summed E-state index contributed by atoms with van der Waals surface area (Å²) in [6, 6.07) is 12.0. The lowest BCUT2D eigenvalue weighted by molar-refractivity contribution is -0.113. The number of nitrogens with zero attached hydrogens (tertiary/aromatic N) is 2. The van der Waals surface area contributed by atoms with E-state index in [-0.39, 0.29) is 17.6 Å². The average Bonchev–Trinajstić information content (AvgIpc) is 3.27. The highest BCUT2D eigenvalue weighted by atomic mass is 32.2. The molecule has 0 unspecified atom stereocenters. The van der Waals surface area contributed by atoms with Gasteiger partial charge in [-0.05, 0) is 12.1 Å². The van der Waals surface area contributed by atoms with Crippen LogP contribution in [0.1, 0.15) is 10.4 Å². The Labute approximate surface area is 171 Å². The maximum atomic E-state index is 12.4. The molecule has 29 heavy (non-hydrogen) atoms. The molecule has 1 aromatic heterocycles. The van der Waals surface area contributed by atoms with Crippen LogP contribution in [0.3, 0.4) is 0 Å². The molecule has 0 radical (unpaired) electrons. The number of anilines is 2. The third kappa shape index (κ3) is 5.26. The van der Waals surface area contributed by atoms with Gasteiger partial charge >= 0.3 is 0 Å². The van der Waals surface area contributed by atoms with Gasteiger partial charge in [-0.15, -0.1) is 0 Å². The highest BCUT2D eigenvalue weighted by Gasteiger charge is 2.16. The van der Waals surface area contributed by atoms with E-state index < -0.39 is 0 Å². The minimum atomic E-state index is -0.286. The zero-order valence-electron chi connectivity index (χ0n) is 15.8. The molecule has 0 aliphatic rings. The van der Waals surface area contributed by atoms with Gasteiger partial charge in [0.25, 0.3) is 5.91 Å². The van der Waals surface area contributed by atoms with Crippen molar-refractivity contribution in [3.8, 4) is 11.5 Å². The van der Waals surface area contributed by atoms with Gasteiger partial charge in [-0.25, -0.2) is 4.98 Å². The van der Waals surface area contributed by atoms with Crippen LogP contribution in [-0.4, -0.2) is 47.0 Å². The van der Waals surface area contributed by atoms with Gasteiger partial charge in [0.05, 0.1) is 31.3 Å². The summed E-state index contributed by atoms with van der Waals surface area (Å²) in [5.41, 5.74) is 1.35. The fourth-order valence-electron chi connectivity index (χ4n) is 2.46. The number of hydrogen-bond donors (Lipinski definition) is 3. The van der Waals surface area contributed by atoms with Crippen LogP contribution in [0.15, 0.2) is 53.9 Å². The van der Waals surface area contributed by atoms with Crippen molar-refractivity contribution >= 4 is 35.0 Å². The van der Waals surface area contributed by atoms with Crippen molar-refractivity contribution in [3.63, 3.8) is 0 Å². The second-order valence-electron chi connectivity index (χ2n) is 5.70. The van der Waals surface area contributed by atoms with Crippen LogP contribution >= 0.6 is 11.8 Å². The first-order chi connectivity index (χ1) is 14.1. The van der Waals surface area contributed by atoms with Crippen LogP contribution in [0.2, 0.25) is 0 Å². The van der Waals surface area contributed by atoms with Gasteiger partial charge in [-0.1, -0.05) is 30.0 Å². The first-order valence-corrected chi connectivity index (χ1v) is 9.49. The van der Waals surface area contributed by atoms with E-state index in [0.717, 1.165) is 0 Å². The number of ether oxygens (including phenoxy) is 2. The molecule has 0 bridgehead atoms. The molecule has 1 heterocycles. The Morgan fingerprint density at radius 2 is 1.69 bits per heavy atom. The summed E-state index contributed by atoms with van der Waals surface area (Å²) < 4.78 is 10.7. The molecule has 0 saturated carbocycles. The molecule has 0 aliphatic carbocycles. The standard InChI is InChI=1S/C19H19N5O4S/c1-27-15-9-14(23-18(26)12-6-4-3-5-7-12)16(28-2)8-13(15)22-17(25)10-29-19-20-11-21-24-19/h3-9,11H,10H2,1-2H3,(H,22,25)(H,23,26)(H,20,21,24). The Hall–Kier alpha value is -3.53. The summed E-state index contributed by atoms with van der Waals surface area (Å²) in [5, 5.41) is 12.5. The zero-order valence-corrected chi connectivity index (χ0v) is 16.6. The van der Waals surface area contributed by atoms with E-state index in [1.165, 1.54) is 32.3 Å². The van der Waals surface area contributed by atoms with E-state index in [2.05, 4.69) is 25.8 Å². The van der Waals surface area contributed by atoms with Crippen LogP contribution in [-0.2, 0) is 4.79 Å². The van der Waals surface area contributed by atoms with Crippen molar-refractivity contribution in [1.29, 1.82) is 0 Å². The van der Waals surface area contributed by atoms with Crippen molar-refractivity contribution in [2.45, 2.75) is 5.16 Å². The smallest absolute Gasteiger partial charge is 0.255 e. The number of amides is 2. The molecular formula is C19H19N5O4S. The van der Waals surface area contributed by atoms with Crippen molar-refractivity contribution in [1.82, 2.24) is 15.2 Å². The number of hydrogen-bond acceptors (Lipinski definition) is 7. The normalized spacial score (nSPS) is 10.3. The molecule has 0 fully saturated rings. The van der Waals surface area contributed by atoms with E-state index in [1.54, 1.807) is 36.4 Å². The van der Waals surface area contributed by atoms with E-state index in [1.807, 2.05) is 6.07 Å². The lowest BCUT2D eigenvalue weighted by atomic mass is 10.2. The maximum Gasteiger partial charge on any atom is 0.255 e. The average molecular weight is 413 g/mol. The lowest BCUT2D eigenvalue weighted by Crippen LogP contribution is -2.16. The molecule has 9 nitrogen and oxygen atoms in total. The quantitative estimate of drug-likeness (QED) is 0.486. The topological polar surface area (TPSA) is 118 Å². The van der Waals surface area contributed by atoms with Crippen LogP contribution in [0.4, 0.5) is 11.4 Å². The number of carbonyl (C=O) groups is 2. The lowest BCUT2D eigenvalue weighted by Gasteiger charge is -2.16. The van der Waals surface area contributed by atoms with Gasteiger partial charge in [0.1, 0.15) is 17.8 Å². The predicted molar refractivity (Wildman–Crippen MR) is 110 cm³/mol. The molecule has 3 N–H and O–H groups in total. The molecule has 0 spiro atoms. The summed E-state index contributed by atoms with van der Waals surface area (Å²) in [5.74, 6) is 0.354. The first kappa shape index (κ1) is 20.2. The van der Waals surface area contributed by atoms with Crippen molar-refractivity contribution in [2.75, 3.05) is 30.6 Å². The molecule has 0 saturated heterocycles. The van der Waals surface area contributed by atoms with Gasteiger partial charge in [0.2, 0.25) is 5.91 Å². The molecule has 0 atom stereocenters. The van der Waals surface area contributed by atoms with E-state index >= 15 is 0 Å². The number of thioether (sulfide) groups is 1. The van der Waals surface area contributed by atoms with Gasteiger partial charge in [0, 0.05) is 17.7 Å². The minimum absolute atomic E-state index is 0.132.